The van der Waals surface area contributed by atoms with E-state index in [1.54, 1.807) is 0 Å². The summed E-state index contributed by atoms with van der Waals surface area (Å²) >= 11 is 0. The number of benzene rings is 1. The van der Waals surface area contributed by atoms with Gasteiger partial charge in [0.15, 0.2) is 0 Å². The van der Waals surface area contributed by atoms with E-state index in [0.29, 0.717) is 6.54 Å². The Morgan fingerprint density at radius 2 is 1.33 bits per heavy atom. The zero-order chi connectivity index (χ0) is 19.2. The fraction of sp³-hybridized carbons (Fsp3) is 0.444. The summed E-state index contributed by atoms with van der Waals surface area (Å²) in [5, 5.41) is 0. The van der Waals surface area contributed by atoms with Gasteiger partial charge >= 0.3 is 33.9 Å². The average molecular weight is 369 g/mol. The molecule has 1 aromatic rings. The van der Waals surface area contributed by atoms with Crippen LogP contribution < -0.4 is 4.90 Å². The third kappa shape index (κ3) is 9.55. The van der Waals surface area contributed by atoms with Gasteiger partial charge in [0.05, 0.1) is 0 Å². The molecule has 24 heavy (non-hydrogen) atoms. The maximum absolute atomic E-state index is 12.4. The molecule has 0 N–H and O–H groups in total. The first-order valence-corrected chi connectivity index (χ1v) is 6.78. The van der Waals surface area contributed by atoms with Crippen molar-refractivity contribution in [3.8, 4) is 0 Å². The number of hydrogen-bond donors (Lipinski definition) is 0. The Balaban J connectivity index is -0.000000256. The van der Waals surface area contributed by atoms with E-state index in [4.69, 9.17) is 14.0 Å². The van der Waals surface area contributed by atoms with Crippen molar-refractivity contribution in [1.29, 1.82) is 0 Å². The molecule has 1 amide bonds. The maximum atomic E-state index is 12.4. The third-order valence-corrected chi connectivity index (χ3v) is 2.91. The van der Waals surface area contributed by atoms with Crippen molar-refractivity contribution < 1.29 is 36.1 Å². The number of anilines is 1. The van der Waals surface area contributed by atoms with Crippen molar-refractivity contribution in [2.24, 2.45) is 5.41 Å². The number of carbonyl (C=O) groups is 1. The first-order valence-electron chi connectivity index (χ1n) is 6.78. The standard InChI is InChI=1S/C15H23NO.3CO.Cr/c1-7-16(14(17)15(4,5)6)13-11(2)9-8-10-12(13)3;3*1-2;/h8-10H,7H2,1-6H3;;;;. The molecule has 0 unspecified atom stereocenters. The molecule has 0 heterocycles. The Morgan fingerprint density at radius 1 is 1.00 bits per heavy atom. The predicted molar refractivity (Wildman–Crippen MR) is 85.2 cm³/mol. The zero-order valence-corrected chi connectivity index (χ0v) is 16.2. The molecule has 0 saturated heterocycles. The molecule has 0 aliphatic heterocycles. The first-order chi connectivity index (χ1) is 10.8. The summed E-state index contributed by atoms with van der Waals surface area (Å²) in [6.45, 7) is 26.2. The quantitative estimate of drug-likeness (QED) is 0.579. The minimum Gasteiger partial charge on any atom is 0 e. The van der Waals surface area contributed by atoms with Gasteiger partial charge in [0.1, 0.15) is 0 Å². The van der Waals surface area contributed by atoms with Gasteiger partial charge in [-0.2, -0.15) is 0 Å². The van der Waals surface area contributed by atoms with Crippen LogP contribution in [0.25, 0.3) is 0 Å². The van der Waals surface area contributed by atoms with E-state index in [-0.39, 0.29) is 28.7 Å². The summed E-state index contributed by atoms with van der Waals surface area (Å²) in [4.78, 5) is 14.3. The van der Waals surface area contributed by atoms with Crippen LogP contribution in [0.4, 0.5) is 5.69 Å². The molecule has 0 aliphatic carbocycles. The van der Waals surface area contributed by atoms with Crippen molar-refractivity contribution in [3.05, 3.63) is 49.3 Å². The van der Waals surface area contributed by atoms with Crippen LogP contribution in [-0.2, 0) is 36.1 Å². The predicted octanol–water partition coefficient (Wildman–Crippen LogP) is 3.59. The molecule has 1 rings (SSSR count). The van der Waals surface area contributed by atoms with Crippen LogP contribution in [0.2, 0.25) is 0 Å². The SMILES string of the molecule is CCN(C(=O)C(C)(C)C)c1c(C)cccc1C.[C-]#[O+].[C-]#[O+].[C-]#[O+].[Cr]. The van der Waals surface area contributed by atoms with Crippen molar-refractivity contribution in [3.63, 3.8) is 0 Å². The van der Waals surface area contributed by atoms with E-state index in [2.05, 4.69) is 45.9 Å². The Hall–Kier alpha value is -1.56. The fourth-order valence-corrected chi connectivity index (χ4v) is 2.04. The number of aryl methyl sites for hydroxylation is 2. The van der Waals surface area contributed by atoms with Gasteiger partial charge in [0.2, 0.25) is 5.91 Å². The van der Waals surface area contributed by atoms with Gasteiger partial charge in [-0.25, -0.2) is 0 Å². The van der Waals surface area contributed by atoms with Crippen molar-refractivity contribution in [2.45, 2.75) is 41.5 Å². The van der Waals surface area contributed by atoms with Gasteiger partial charge in [-0.3, -0.25) is 4.79 Å². The van der Waals surface area contributed by atoms with Crippen molar-refractivity contribution in [2.75, 3.05) is 11.4 Å². The van der Waals surface area contributed by atoms with Gasteiger partial charge in [0.25, 0.3) is 0 Å². The second kappa shape index (κ2) is 16.3. The fourth-order valence-electron chi connectivity index (χ4n) is 2.04. The van der Waals surface area contributed by atoms with Crippen LogP contribution in [0.15, 0.2) is 18.2 Å². The molecule has 0 bridgehead atoms. The topological polar surface area (TPSA) is 80.0 Å². The molecule has 0 atom stereocenters. The Kier molecular flexibility index (Phi) is 20.6. The zero-order valence-electron chi connectivity index (χ0n) is 14.9. The Morgan fingerprint density at radius 3 is 1.58 bits per heavy atom. The number of amides is 1. The molecule has 0 radical (unpaired) electrons. The molecule has 0 aromatic heterocycles. The first kappa shape index (κ1) is 30.3. The largest absolute Gasteiger partial charge is 0 e. The van der Waals surface area contributed by atoms with E-state index in [0.717, 1.165) is 16.8 Å². The molecule has 6 heteroatoms. The Bertz CT molecular complexity index is 508. The smallest absolute Gasteiger partial charge is 0 e. The molecule has 130 valence electrons. The van der Waals surface area contributed by atoms with E-state index < -0.39 is 0 Å². The van der Waals surface area contributed by atoms with Gasteiger partial charge in [-0.1, -0.05) is 39.0 Å². The van der Waals surface area contributed by atoms with Crippen LogP contribution in [0.5, 0.6) is 0 Å². The minimum absolute atomic E-state index is 0. The molecule has 0 saturated carbocycles. The van der Waals surface area contributed by atoms with Gasteiger partial charge < -0.3 is 4.90 Å². The van der Waals surface area contributed by atoms with Crippen molar-refractivity contribution >= 4 is 11.6 Å². The molecule has 0 fully saturated rings. The van der Waals surface area contributed by atoms with Crippen LogP contribution in [0, 0.1) is 39.2 Å². The second-order valence-electron chi connectivity index (χ2n) is 5.54. The summed E-state index contributed by atoms with van der Waals surface area (Å²) < 4.78 is 22.5. The number of nitrogens with zero attached hydrogens (tertiary/aromatic N) is 1. The summed E-state index contributed by atoms with van der Waals surface area (Å²) in [5.74, 6) is 0.178. The van der Waals surface area contributed by atoms with Gasteiger partial charge in [-0.15, -0.1) is 0 Å². The molecule has 5 nitrogen and oxygen atoms in total. The number of hydrogen-bond acceptors (Lipinski definition) is 1. The molecular formula is C18H23CrNO4. The van der Waals surface area contributed by atoms with Gasteiger partial charge in [0, 0.05) is 35.0 Å². The summed E-state index contributed by atoms with van der Waals surface area (Å²) in [5.41, 5.74) is 3.04. The third-order valence-electron chi connectivity index (χ3n) is 2.91. The summed E-state index contributed by atoms with van der Waals surface area (Å²) in [6.07, 6.45) is 0. The van der Waals surface area contributed by atoms with Gasteiger partial charge in [-0.05, 0) is 31.9 Å². The van der Waals surface area contributed by atoms with Crippen LogP contribution in [-0.4, -0.2) is 12.5 Å². The van der Waals surface area contributed by atoms with E-state index >= 15 is 0 Å². The number of para-hydroxylation sites is 1. The Labute approximate surface area is 155 Å². The van der Waals surface area contributed by atoms with E-state index in [1.165, 1.54) is 0 Å². The molecular weight excluding hydrogens is 346 g/mol. The maximum Gasteiger partial charge on any atom is 0 e. The summed E-state index contributed by atoms with van der Waals surface area (Å²) in [7, 11) is 0. The number of rotatable bonds is 2. The monoisotopic (exact) mass is 369 g/mol. The average Bonchev–Trinajstić information content (AvgIpc) is 2.55. The van der Waals surface area contributed by atoms with Crippen LogP contribution in [0.3, 0.4) is 0 Å². The minimum atomic E-state index is -0.343. The molecule has 0 spiro atoms. The molecule has 1 aromatic carbocycles. The van der Waals surface area contributed by atoms with Crippen molar-refractivity contribution in [1.82, 2.24) is 0 Å². The normalized spacial score (nSPS) is 8.33. The van der Waals surface area contributed by atoms with E-state index in [1.807, 2.05) is 38.7 Å². The second-order valence-corrected chi connectivity index (χ2v) is 5.54. The van der Waals surface area contributed by atoms with E-state index in [9.17, 15) is 4.79 Å². The van der Waals surface area contributed by atoms with Crippen LogP contribution in [0.1, 0.15) is 38.8 Å². The summed E-state index contributed by atoms with van der Waals surface area (Å²) in [6, 6.07) is 6.14. The van der Waals surface area contributed by atoms with Crippen LogP contribution >= 0.6 is 0 Å². The molecule has 0 aliphatic rings. The number of carbonyl (C=O) groups excluding carboxylic acids is 1.